The van der Waals surface area contributed by atoms with Gasteiger partial charge in [0.05, 0.1) is 27.7 Å². The number of rotatable bonds is 5. The summed E-state index contributed by atoms with van der Waals surface area (Å²) in [6.07, 6.45) is 9.14. The fourth-order valence-corrected chi connectivity index (χ4v) is 3.33. The van der Waals surface area contributed by atoms with Gasteiger partial charge < -0.3 is 13.8 Å². The SMILES string of the molecule is C[N+](C)(C)CCCN1C=CC(=Cc2nc3ncccc3o2)c2ccccc21. The molecule has 27 heavy (non-hydrogen) atoms. The average Bonchev–Trinajstić information content (AvgIpc) is 3.05. The van der Waals surface area contributed by atoms with E-state index in [0.29, 0.717) is 17.1 Å². The lowest BCUT2D eigenvalue weighted by molar-refractivity contribution is -0.870. The van der Waals surface area contributed by atoms with E-state index in [1.807, 2.05) is 18.2 Å². The van der Waals surface area contributed by atoms with Crippen molar-refractivity contribution in [1.29, 1.82) is 0 Å². The Hall–Kier alpha value is -2.92. The van der Waals surface area contributed by atoms with Gasteiger partial charge in [0.15, 0.2) is 11.2 Å². The maximum atomic E-state index is 5.82. The number of fused-ring (bicyclic) bond motifs is 2. The van der Waals surface area contributed by atoms with Crippen molar-refractivity contribution in [2.45, 2.75) is 6.42 Å². The molecule has 0 amide bonds. The second kappa shape index (κ2) is 7.00. The highest BCUT2D eigenvalue weighted by molar-refractivity contribution is 5.94. The van der Waals surface area contributed by atoms with Crippen LogP contribution in [0.25, 0.3) is 22.9 Å². The topological polar surface area (TPSA) is 42.2 Å². The molecule has 0 N–H and O–H groups in total. The summed E-state index contributed by atoms with van der Waals surface area (Å²) in [5.41, 5.74) is 4.86. The molecule has 0 unspecified atom stereocenters. The van der Waals surface area contributed by atoms with E-state index in [2.05, 4.69) is 72.6 Å². The number of allylic oxidation sites excluding steroid dienone is 2. The van der Waals surface area contributed by atoms with Crippen LogP contribution in [0.4, 0.5) is 5.69 Å². The summed E-state index contributed by atoms with van der Waals surface area (Å²) >= 11 is 0. The zero-order valence-electron chi connectivity index (χ0n) is 16.1. The third kappa shape index (κ3) is 3.93. The van der Waals surface area contributed by atoms with E-state index >= 15 is 0 Å². The number of anilines is 1. The summed E-state index contributed by atoms with van der Waals surface area (Å²) in [7, 11) is 6.70. The Labute approximate surface area is 159 Å². The molecule has 5 nitrogen and oxygen atoms in total. The van der Waals surface area contributed by atoms with Gasteiger partial charge in [0.2, 0.25) is 5.89 Å². The van der Waals surface area contributed by atoms with Crippen molar-refractivity contribution in [3.63, 3.8) is 0 Å². The van der Waals surface area contributed by atoms with Gasteiger partial charge in [-0.2, -0.15) is 4.98 Å². The first-order valence-corrected chi connectivity index (χ1v) is 9.28. The van der Waals surface area contributed by atoms with E-state index in [9.17, 15) is 0 Å². The molecule has 1 aliphatic heterocycles. The lowest BCUT2D eigenvalue weighted by Crippen LogP contribution is -2.37. The van der Waals surface area contributed by atoms with Crippen LogP contribution in [-0.2, 0) is 0 Å². The van der Waals surface area contributed by atoms with Crippen molar-refractivity contribution in [2.75, 3.05) is 39.1 Å². The van der Waals surface area contributed by atoms with Crippen molar-refractivity contribution in [2.24, 2.45) is 0 Å². The van der Waals surface area contributed by atoms with Crippen LogP contribution in [0.15, 0.2) is 59.3 Å². The minimum Gasteiger partial charge on any atom is -0.435 e. The number of quaternary nitrogens is 1. The van der Waals surface area contributed by atoms with Crippen LogP contribution >= 0.6 is 0 Å². The number of aromatic nitrogens is 2. The van der Waals surface area contributed by atoms with Gasteiger partial charge in [-0.1, -0.05) is 18.2 Å². The third-order valence-electron chi connectivity index (χ3n) is 4.65. The highest BCUT2D eigenvalue weighted by Gasteiger charge is 2.17. The molecule has 3 heterocycles. The third-order valence-corrected chi connectivity index (χ3v) is 4.65. The molecule has 5 heteroatoms. The van der Waals surface area contributed by atoms with E-state index in [1.165, 1.54) is 11.3 Å². The van der Waals surface area contributed by atoms with E-state index in [4.69, 9.17) is 4.42 Å². The van der Waals surface area contributed by atoms with Crippen molar-refractivity contribution >= 4 is 28.6 Å². The summed E-state index contributed by atoms with van der Waals surface area (Å²) in [6.45, 7) is 2.15. The minimum absolute atomic E-state index is 0.580. The minimum atomic E-state index is 0.580. The molecule has 0 saturated carbocycles. The number of nitrogens with zero attached hydrogens (tertiary/aromatic N) is 4. The van der Waals surface area contributed by atoms with Gasteiger partial charge in [-0.05, 0) is 29.8 Å². The van der Waals surface area contributed by atoms with Crippen molar-refractivity contribution < 1.29 is 8.90 Å². The lowest BCUT2D eigenvalue weighted by atomic mass is 9.99. The van der Waals surface area contributed by atoms with Crippen LogP contribution in [0.2, 0.25) is 0 Å². The number of hydrogen-bond donors (Lipinski definition) is 0. The van der Waals surface area contributed by atoms with E-state index in [1.54, 1.807) is 6.20 Å². The molecule has 0 bridgehead atoms. The Kier molecular flexibility index (Phi) is 4.54. The smallest absolute Gasteiger partial charge is 0.222 e. The van der Waals surface area contributed by atoms with Gasteiger partial charge in [-0.3, -0.25) is 0 Å². The number of oxazole rings is 1. The predicted octanol–water partition coefficient (Wildman–Crippen LogP) is 4.19. The van der Waals surface area contributed by atoms with Gasteiger partial charge >= 0.3 is 0 Å². The van der Waals surface area contributed by atoms with Crippen LogP contribution in [0.1, 0.15) is 17.9 Å². The molecule has 1 aromatic carbocycles. The normalized spacial score (nSPS) is 15.5. The molecule has 1 aliphatic rings. The quantitative estimate of drug-likeness (QED) is 0.639. The Morgan fingerprint density at radius 3 is 2.78 bits per heavy atom. The average molecular weight is 361 g/mol. The monoisotopic (exact) mass is 361 g/mol. The number of hydrogen-bond acceptors (Lipinski definition) is 4. The van der Waals surface area contributed by atoms with Crippen molar-refractivity contribution in [1.82, 2.24) is 9.97 Å². The first-order chi connectivity index (χ1) is 13.0. The Bertz CT molecular complexity index is 977. The van der Waals surface area contributed by atoms with E-state index < -0.39 is 0 Å². The van der Waals surface area contributed by atoms with E-state index in [0.717, 1.165) is 29.6 Å². The Morgan fingerprint density at radius 1 is 1.11 bits per heavy atom. The Morgan fingerprint density at radius 2 is 1.96 bits per heavy atom. The molecule has 0 fully saturated rings. The van der Waals surface area contributed by atoms with Gasteiger partial charge in [0, 0.05) is 42.7 Å². The summed E-state index contributed by atoms with van der Waals surface area (Å²) < 4.78 is 6.80. The molecule has 3 aromatic rings. The van der Waals surface area contributed by atoms with Gasteiger partial charge in [0.25, 0.3) is 0 Å². The molecule has 0 saturated heterocycles. The van der Waals surface area contributed by atoms with Gasteiger partial charge in [-0.15, -0.1) is 0 Å². The molecule has 4 rings (SSSR count). The summed E-state index contributed by atoms with van der Waals surface area (Å²) in [4.78, 5) is 11.0. The number of para-hydroxylation sites is 1. The number of pyridine rings is 1. The maximum absolute atomic E-state index is 5.82. The molecule has 0 radical (unpaired) electrons. The summed E-state index contributed by atoms with van der Waals surface area (Å²) in [6, 6.07) is 12.2. The second-order valence-corrected chi connectivity index (χ2v) is 7.87. The molecular weight excluding hydrogens is 336 g/mol. The van der Waals surface area contributed by atoms with Crippen LogP contribution in [0.5, 0.6) is 0 Å². The molecule has 0 atom stereocenters. The van der Waals surface area contributed by atoms with Crippen LogP contribution in [0, 0.1) is 0 Å². The second-order valence-electron chi connectivity index (χ2n) is 7.87. The van der Waals surface area contributed by atoms with Crippen molar-refractivity contribution in [3.8, 4) is 0 Å². The highest BCUT2D eigenvalue weighted by atomic mass is 16.3. The van der Waals surface area contributed by atoms with Gasteiger partial charge in [-0.25, -0.2) is 4.98 Å². The first-order valence-electron chi connectivity index (χ1n) is 9.28. The zero-order valence-corrected chi connectivity index (χ0v) is 16.1. The fourth-order valence-electron chi connectivity index (χ4n) is 3.33. The molecule has 0 aliphatic carbocycles. The summed E-state index contributed by atoms with van der Waals surface area (Å²) in [5.74, 6) is 0.580. The summed E-state index contributed by atoms with van der Waals surface area (Å²) in [5, 5.41) is 0. The highest BCUT2D eigenvalue weighted by Crippen LogP contribution is 2.34. The van der Waals surface area contributed by atoms with Crippen LogP contribution < -0.4 is 4.90 Å². The molecule has 2 aromatic heterocycles. The zero-order chi connectivity index (χ0) is 18.9. The van der Waals surface area contributed by atoms with Gasteiger partial charge in [0.1, 0.15) is 0 Å². The fraction of sp³-hybridized carbons (Fsp3) is 0.273. The molecule has 138 valence electrons. The lowest BCUT2D eigenvalue weighted by Gasteiger charge is -2.29. The van der Waals surface area contributed by atoms with Crippen LogP contribution in [0.3, 0.4) is 0 Å². The van der Waals surface area contributed by atoms with Crippen molar-refractivity contribution in [3.05, 3.63) is 66.3 Å². The molecular formula is C22H25N4O+. The van der Waals surface area contributed by atoms with E-state index in [-0.39, 0.29) is 0 Å². The standard InChI is InChI=1S/C22H25N4O/c1-26(2,3)15-7-13-25-14-11-17(18-8-4-5-9-19(18)25)16-21-24-22-20(27-21)10-6-12-23-22/h4-6,8-12,14,16H,7,13,15H2,1-3H3/q+1. The van der Waals surface area contributed by atoms with Crippen LogP contribution in [-0.4, -0.2) is 48.7 Å². The first kappa shape index (κ1) is 17.5. The number of benzene rings is 1. The molecule has 0 spiro atoms. The largest absolute Gasteiger partial charge is 0.435 e. The Balaban J connectivity index is 1.61. The maximum Gasteiger partial charge on any atom is 0.222 e. The predicted molar refractivity (Wildman–Crippen MR) is 110 cm³/mol.